The smallest absolute Gasteiger partial charge is 0.252 e. The number of hydrogen-bond donors (Lipinski definition) is 2. The Morgan fingerprint density at radius 2 is 2.19 bits per heavy atom. The van der Waals surface area contributed by atoms with Gasteiger partial charge in [0.05, 0.1) is 12.1 Å². The lowest BCUT2D eigenvalue weighted by molar-refractivity contribution is 0.0556. The fraction of sp³-hybridized carbons (Fsp3) is 0.438. The van der Waals surface area contributed by atoms with Crippen molar-refractivity contribution in [2.45, 2.75) is 38.2 Å². The van der Waals surface area contributed by atoms with Gasteiger partial charge in [0.25, 0.3) is 5.91 Å². The van der Waals surface area contributed by atoms with Gasteiger partial charge in [-0.15, -0.1) is 22.7 Å². The van der Waals surface area contributed by atoms with Gasteiger partial charge in [-0.05, 0) is 49.6 Å². The molecule has 2 heterocycles. The summed E-state index contributed by atoms with van der Waals surface area (Å²) in [6, 6.07) is 3.80. The van der Waals surface area contributed by atoms with Crippen LogP contribution in [0.5, 0.6) is 0 Å². The highest BCUT2D eigenvalue weighted by Gasteiger charge is 2.26. The minimum absolute atomic E-state index is 0.0637. The van der Waals surface area contributed by atoms with Gasteiger partial charge in [0.15, 0.2) is 0 Å². The van der Waals surface area contributed by atoms with Crippen LogP contribution in [0.1, 0.15) is 45.4 Å². The van der Waals surface area contributed by atoms with Gasteiger partial charge in [-0.1, -0.05) is 6.07 Å². The molecule has 1 atom stereocenters. The summed E-state index contributed by atoms with van der Waals surface area (Å²) in [4.78, 5) is 14.6. The molecule has 0 saturated carbocycles. The van der Waals surface area contributed by atoms with Crippen LogP contribution in [0.15, 0.2) is 22.9 Å². The molecule has 2 aromatic heterocycles. The van der Waals surface area contributed by atoms with E-state index in [0.717, 1.165) is 29.7 Å². The summed E-state index contributed by atoms with van der Waals surface area (Å²) in [7, 11) is 0. The summed E-state index contributed by atoms with van der Waals surface area (Å²) >= 11 is 3.19. The molecular formula is C16H19NO2S2. The molecule has 0 aromatic carbocycles. The second-order valence-corrected chi connectivity index (χ2v) is 7.60. The maximum absolute atomic E-state index is 12.4. The Kier molecular flexibility index (Phi) is 4.15. The van der Waals surface area contributed by atoms with Crippen molar-refractivity contribution in [3.8, 4) is 0 Å². The average Bonchev–Trinajstić information content (AvgIpc) is 3.14. The van der Waals surface area contributed by atoms with Crippen LogP contribution in [0.3, 0.4) is 0 Å². The van der Waals surface area contributed by atoms with Gasteiger partial charge >= 0.3 is 0 Å². The van der Waals surface area contributed by atoms with Crippen LogP contribution in [0.4, 0.5) is 0 Å². The molecule has 3 nitrogen and oxygen atoms in total. The Hall–Kier alpha value is -1.17. The van der Waals surface area contributed by atoms with Crippen molar-refractivity contribution in [2.24, 2.45) is 0 Å². The summed E-state index contributed by atoms with van der Waals surface area (Å²) in [5, 5.41) is 17.2. The molecule has 0 bridgehead atoms. The SMILES string of the molecule is CC(O)(CNC(=O)c1csc2c1CCCC2)c1cccs1. The van der Waals surface area contributed by atoms with E-state index in [4.69, 9.17) is 0 Å². The lowest BCUT2D eigenvalue weighted by Crippen LogP contribution is -2.38. The van der Waals surface area contributed by atoms with Crippen molar-refractivity contribution in [3.05, 3.63) is 43.8 Å². The van der Waals surface area contributed by atoms with Gasteiger partial charge < -0.3 is 10.4 Å². The molecule has 0 saturated heterocycles. The standard InChI is InChI=1S/C16H19NO2S2/c1-16(19,14-7-4-8-20-14)10-17-15(18)12-9-21-13-6-3-2-5-11(12)13/h4,7-9,19H,2-3,5-6,10H2,1H3,(H,17,18). The molecule has 112 valence electrons. The van der Waals surface area contributed by atoms with E-state index in [-0.39, 0.29) is 12.5 Å². The maximum Gasteiger partial charge on any atom is 0.252 e. The van der Waals surface area contributed by atoms with Crippen molar-refractivity contribution in [1.29, 1.82) is 0 Å². The van der Waals surface area contributed by atoms with Gasteiger partial charge in [-0.25, -0.2) is 0 Å². The molecule has 0 fully saturated rings. The number of amides is 1. The molecule has 0 radical (unpaired) electrons. The number of carbonyl (C=O) groups excluding carboxylic acids is 1. The lowest BCUT2D eigenvalue weighted by Gasteiger charge is -2.22. The number of aryl methyl sites for hydroxylation is 1. The van der Waals surface area contributed by atoms with Crippen LogP contribution >= 0.6 is 22.7 Å². The van der Waals surface area contributed by atoms with Crippen molar-refractivity contribution >= 4 is 28.6 Å². The Morgan fingerprint density at radius 3 is 2.95 bits per heavy atom. The summed E-state index contributed by atoms with van der Waals surface area (Å²) in [5.74, 6) is -0.0637. The van der Waals surface area contributed by atoms with Crippen LogP contribution in [0.25, 0.3) is 0 Å². The zero-order valence-electron chi connectivity index (χ0n) is 12.0. The third-order valence-electron chi connectivity index (χ3n) is 3.95. The number of thiophene rings is 2. The highest BCUT2D eigenvalue weighted by Crippen LogP contribution is 2.30. The summed E-state index contributed by atoms with van der Waals surface area (Å²) in [6.45, 7) is 1.97. The fourth-order valence-electron chi connectivity index (χ4n) is 2.70. The first kappa shape index (κ1) is 14.8. The van der Waals surface area contributed by atoms with Crippen LogP contribution < -0.4 is 5.32 Å². The van der Waals surface area contributed by atoms with Crippen LogP contribution in [0.2, 0.25) is 0 Å². The van der Waals surface area contributed by atoms with Gasteiger partial charge in [0.1, 0.15) is 5.60 Å². The number of fused-ring (bicyclic) bond motifs is 1. The molecule has 0 aliphatic heterocycles. The highest BCUT2D eigenvalue weighted by molar-refractivity contribution is 7.10. The predicted octanol–water partition coefficient (Wildman–Crippen LogP) is 3.33. The number of hydrogen-bond acceptors (Lipinski definition) is 4. The van der Waals surface area contributed by atoms with Gasteiger partial charge in [0.2, 0.25) is 0 Å². The van der Waals surface area contributed by atoms with Crippen LogP contribution in [-0.2, 0) is 18.4 Å². The maximum atomic E-state index is 12.4. The topological polar surface area (TPSA) is 49.3 Å². The third kappa shape index (κ3) is 3.05. The molecule has 1 aliphatic rings. The van der Waals surface area contributed by atoms with E-state index in [0.29, 0.717) is 0 Å². The van der Waals surface area contributed by atoms with Gasteiger partial charge in [-0.3, -0.25) is 4.79 Å². The minimum atomic E-state index is -1.01. The van der Waals surface area contributed by atoms with Crippen molar-refractivity contribution in [2.75, 3.05) is 6.54 Å². The molecule has 3 rings (SSSR count). The second-order valence-electron chi connectivity index (χ2n) is 5.69. The normalized spacial score (nSPS) is 17.0. The van der Waals surface area contributed by atoms with Gasteiger partial charge in [-0.2, -0.15) is 0 Å². The third-order valence-corrected chi connectivity index (χ3v) is 6.16. The Balaban J connectivity index is 1.68. The molecule has 1 unspecified atom stereocenters. The molecule has 21 heavy (non-hydrogen) atoms. The first-order chi connectivity index (χ1) is 10.1. The summed E-state index contributed by atoms with van der Waals surface area (Å²) in [5.41, 5.74) is 1.01. The number of aliphatic hydroxyl groups is 1. The Morgan fingerprint density at radius 1 is 1.38 bits per heavy atom. The quantitative estimate of drug-likeness (QED) is 0.907. The lowest BCUT2D eigenvalue weighted by atomic mass is 9.95. The van der Waals surface area contributed by atoms with Crippen LogP contribution in [-0.4, -0.2) is 17.6 Å². The number of nitrogens with one attached hydrogen (secondary N) is 1. The number of carbonyl (C=O) groups is 1. The highest BCUT2D eigenvalue weighted by atomic mass is 32.1. The van der Waals surface area contributed by atoms with Crippen molar-refractivity contribution < 1.29 is 9.90 Å². The van der Waals surface area contributed by atoms with E-state index < -0.39 is 5.60 Å². The van der Waals surface area contributed by atoms with Crippen LogP contribution in [0, 0.1) is 0 Å². The Bertz CT molecular complexity index is 629. The largest absolute Gasteiger partial charge is 0.383 e. The van der Waals surface area contributed by atoms with Crippen molar-refractivity contribution in [1.82, 2.24) is 5.32 Å². The Labute approximate surface area is 132 Å². The zero-order chi connectivity index (χ0) is 14.9. The van der Waals surface area contributed by atoms with E-state index in [9.17, 15) is 9.90 Å². The molecule has 0 spiro atoms. The molecule has 2 aromatic rings. The summed E-state index contributed by atoms with van der Waals surface area (Å²) in [6.07, 6.45) is 4.49. The first-order valence-electron chi connectivity index (χ1n) is 7.22. The van der Waals surface area contributed by atoms with Gasteiger partial charge in [0, 0.05) is 15.1 Å². The molecule has 2 N–H and O–H groups in total. The number of rotatable bonds is 4. The fourth-order valence-corrected chi connectivity index (χ4v) is 4.62. The monoisotopic (exact) mass is 321 g/mol. The zero-order valence-corrected chi connectivity index (χ0v) is 13.6. The summed E-state index contributed by atoms with van der Waals surface area (Å²) < 4.78 is 0. The second kappa shape index (κ2) is 5.91. The van der Waals surface area contributed by atoms with E-state index in [2.05, 4.69) is 5.32 Å². The molecule has 1 amide bonds. The minimum Gasteiger partial charge on any atom is -0.383 e. The molecule has 1 aliphatic carbocycles. The molecular weight excluding hydrogens is 302 g/mol. The van der Waals surface area contributed by atoms with E-state index in [1.807, 2.05) is 22.9 Å². The first-order valence-corrected chi connectivity index (χ1v) is 8.97. The van der Waals surface area contributed by atoms with Crippen molar-refractivity contribution in [3.63, 3.8) is 0 Å². The average molecular weight is 321 g/mol. The van der Waals surface area contributed by atoms with E-state index >= 15 is 0 Å². The molecule has 5 heteroatoms. The van der Waals surface area contributed by atoms with E-state index in [1.54, 1.807) is 18.3 Å². The predicted molar refractivity (Wildman–Crippen MR) is 87.2 cm³/mol. The van der Waals surface area contributed by atoms with E-state index in [1.165, 1.54) is 28.2 Å².